The lowest BCUT2D eigenvalue weighted by molar-refractivity contribution is -0.119. The first-order chi connectivity index (χ1) is 10.5. The molecule has 0 saturated carbocycles. The third kappa shape index (κ3) is 9.54. The van der Waals surface area contributed by atoms with Gasteiger partial charge in [0.05, 0.1) is 0 Å². The molecule has 0 spiro atoms. The van der Waals surface area contributed by atoms with E-state index in [1.165, 1.54) is 5.56 Å². The van der Waals surface area contributed by atoms with Crippen LogP contribution in [0.2, 0.25) is 0 Å². The van der Waals surface area contributed by atoms with Crippen molar-refractivity contribution in [1.29, 1.82) is 0 Å². The fraction of sp³-hybridized carbons (Fsp3) is 0.611. The Morgan fingerprint density at radius 3 is 2.55 bits per heavy atom. The van der Waals surface area contributed by atoms with Crippen LogP contribution in [-0.2, 0) is 11.2 Å². The highest BCUT2D eigenvalue weighted by molar-refractivity contribution is 8.77. The highest BCUT2D eigenvalue weighted by Gasteiger charge is 2.20. The molecule has 1 aromatic carbocycles. The van der Waals surface area contributed by atoms with Gasteiger partial charge in [0.15, 0.2) is 0 Å². The second-order valence-electron chi connectivity index (χ2n) is 6.12. The van der Waals surface area contributed by atoms with E-state index in [0.717, 1.165) is 31.4 Å². The molecule has 0 atom stereocenters. The first kappa shape index (κ1) is 19.6. The van der Waals surface area contributed by atoms with Crippen LogP contribution in [0.1, 0.15) is 51.5 Å². The molecule has 1 rings (SSSR count). The number of hydrogen-bond acceptors (Lipinski definition) is 4. The first-order valence-corrected chi connectivity index (χ1v) is 10.3. The Kier molecular flexibility index (Phi) is 9.92. The van der Waals surface area contributed by atoms with Crippen LogP contribution < -0.4 is 0 Å². The van der Waals surface area contributed by atoms with Crippen LogP contribution in [0.5, 0.6) is 0 Å². The molecule has 1 N–H and O–H groups in total. The zero-order valence-electron chi connectivity index (χ0n) is 13.7. The van der Waals surface area contributed by atoms with Gasteiger partial charge in [-0.25, -0.2) is 0 Å². The lowest BCUT2D eigenvalue weighted by Crippen LogP contribution is -2.15. The number of rotatable bonds is 12. The van der Waals surface area contributed by atoms with Crippen LogP contribution in [-0.4, -0.2) is 28.0 Å². The molecule has 0 fully saturated rings. The molecule has 0 amide bonds. The van der Waals surface area contributed by atoms with Crippen LogP contribution in [0, 0.1) is 0 Å². The Balaban J connectivity index is 2.16. The van der Waals surface area contributed by atoms with Crippen LogP contribution >= 0.6 is 21.6 Å². The van der Waals surface area contributed by atoms with Gasteiger partial charge in [-0.05, 0) is 45.1 Å². The Bertz CT molecular complexity index is 418. The van der Waals surface area contributed by atoms with E-state index in [4.69, 9.17) is 5.11 Å². The average Bonchev–Trinajstić information content (AvgIpc) is 2.52. The SMILES string of the molecule is CC(C)(CCC(=O)CCc1ccccc1)SSCCCCO. The summed E-state index contributed by atoms with van der Waals surface area (Å²) in [5.41, 5.74) is 1.24. The van der Waals surface area contributed by atoms with E-state index in [0.29, 0.717) is 18.6 Å². The Labute approximate surface area is 142 Å². The van der Waals surface area contributed by atoms with Gasteiger partial charge in [0.25, 0.3) is 0 Å². The predicted molar refractivity (Wildman–Crippen MR) is 99.5 cm³/mol. The largest absolute Gasteiger partial charge is 0.396 e. The van der Waals surface area contributed by atoms with Crippen molar-refractivity contribution in [2.75, 3.05) is 12.4 Å². The Morgan fingerprint density at radius 2 is 1.86 bits per heavy atom. The molecule has 0 aromatic heterocycles. The number of benzene rings is 1. The molecule has 22 heavy (non-hydrogen) atoms. The molecular weight excluding hydrogens is 312 g/mol. The maximum Gasteiger partial charge on any atom is 0.133 e. The van der Waals surface area contributed by atoms with Crippen LogP contribution in [0.15, 0.2) is 30.3 Å². The van der Waals surface area contributed by atoms with E-state index in [-0.39, 0.29) is 11.4 Å². The fourth-order valence-corrected chi connectivity index (χ4v) is 4.73. The second kappa shape index (κ2) is 11.1. The zero-order valence-corrected chi connectivity index (χ0v) is 15.3. The summed E-state index contributed by atoms with van der Waals surface area (Å²) >= 11 is 0. The highest BCUT2D eigenvalue weighted by atomic mass is 33.1. The standard InChI is InChI=1S/C18H28O2S2/c1-18(2,22-21-15-7-6-14-19)13-12-17(20)11-10-16-8-4-3-5-9-16/h3-5,8-9,19H,6-7,10-15H2,1-2H3. The van der Waals surface area contributed by atoms with Crippen molar-refractivity contribution in [1.82, 2.24) is 0 Å². The highest BCUT2D eigenvalue weighted by Crippen LogP contribution is 2.39. The molecule has 4 heteroatoms. The average molecular weight is 341 g/mol. The molecule has 1 aromatic rings. The minimum Gasteiger partial charge on any atom is -0.396 e. The summed E-state index contributed by atoms with van der Waals surface area (Å²) in [7, 11) is 3.72. The lowest BCUT2D eigenvalue weighted by Gasteiger charge is -2.22. The monoisotopic (exact) mass is 340 g/mol. The topological polar surface area (TPSA) is 37.3 Å². The maximum atomic E-state index is 12.0. The number of Topliss-reactive ketones (excluding diaryl/α,β-unsaturated/α-hetero) is 1. The van der Waals surface area contributed by atoms with Crippen molar-refractivity contribution in [3.8, 4) is 0 Å². The van der Waals surface area contributed by atoms with E-state index >= 15 is 0 Å². The molecule has 0 aliphatic heterocycles. The summed E-state index contributed by atoms with van der Waals surface area (Å²) in [4.78, 5) is 12.0. The number of aliphatic hydroxyl groups is 1. The fourth-order valence-electron chi connectivity index (χ4n) is 2.01. The summed E-state index contributed by atoms with van der Waals surface area (Å²) < 4.78 is 0.131. The van der Waals surface area contributed by atoms with E-state index in [1.54, 1.807) is 0 Å². The van der Waals surface area contributed by atoms with Gasteiger partial charge in [-0.2, -0.15) is 0 Å². The van der Waals surface area contributed by atoms with Crippen molar-refractivity contribution < 1.29 is 9.90 Å². The molecule has 124 valence electrons. The maximum absolute atomic E-state index is 12.0. The van der Waals surface area contributed by atoms with Crippen molar-refractivity contribution >= 4 is 27.4 Å². The van der Waals surface area contributed by atoms with Crippen molar-refractivity contribution in [2.45, 2.75) is 57.1 Å². The third-order valence-electron chi connectivity index (χ3n) is 3.46. The molecule has 0 unspecified atom stereocenters. The zero-order chi connectivity index (χ0) is 16.3. The number of ketones is 1. The van der Waals surface area contributed by atoms with Crippen LogP contribution in [0.4, 0.5) is 0 Å². The second-order valence-corrected chi connectivity index (χ2v) is 9.24. The van der Waals surface area contributed by atoms with E-state index < -0.39 is 0 Å². The number of unbranched alkanes of at least 4 members (excludes halogenated alkanes) is 1. The van der Waals surface area contributed by atoms with Gasteiger partial charge in [-0.3, -0.25) is 4.79 Å². The summed E-state index contributed by atoms with van der Waals surface area (Å²) in [6.45, 7) is 4.70. The normalized spacial score (nSPS) is 11.6. The molecule has 0 aliphatic carbocycles. The predicted octanol–water partition coefficient (Wildman–Crippen LogP) is 4.90. The number of aryl methyl sites for hydroxylation is 1. The summed E-state index contributed by atoms with van der Waals surface area (Å²) in [6, 6.07) is 10.2. The molecule has 0 heterocycles. The van der Waals surface area contributed by atoms with E-state index in [1.807, 2.05) is 39.8 Å². The van der Waals surface area contributed by atoms with Crippen LogP contribution in [0.3, 0.4) is 0 Å². The van der Waals surface area contributed by atoms with Crippen LogP contribution in [0.25, 0.3) is 0 Å². The van der Waals surface area contributed by atoms with Crippen molar-refractivity contribution in [3.05, 3.63) is 35.9 Å². The van der Waals surface area contributed by atoms with Gasteiger partial charge in [0.1, 0.15) is 5.78 Å². The first-order valence-electron chi connectivity index (χ1n) is 8.00. The number of carbonyl (C=O) groups excluding carboxylic acids is 1. The summed E-state index contributed by atoms with van der Waals surface area (Å²) in [5, 5.41) is 8.75. The van der Waals surface area contributed by atoms with E-state index in [9.17, 15) is 4.79 Å². The number of carbonyl (C=O) groups is 1. The van der Waals surface area contributed by atoms with Gasteiger partial charge < -0.3 is 5.11 Å². The van der Waals surface area contributed by atoms with Gasteiger partial charge in [-0.15, -0.1) is 0 Å². The van der Waals surface area contributed by atoms with Gasteiger partial charge in [0, 0.05) is 29.9 Å². The molecule has 2 nitrogen and oxygen atoms in total. The molecular formula is C18H28O2S2. The molecule has 0 radical (unpaired) electrons. The number of aliphatic hydroxyl groups excluding tert-OH is 1. The van der Waals surface area contributed by atoms with Gasteiger partial charge in [0.2, 0.25) is 0 Å². The lowest BCUT2D eigenvalue weighted by atomic mass is 10.0. The minimum absolute atomic E-state index is 0.131. The van der Waals surface area contributed by atoms with Gasteiger partial charge >= 0.3 is 0 Å². The Morgan fingerprint density at radius 1 is 1.14 bits per heavy atom. The smallest absolute Gasteiger partial charge is 0.133 e. The summed E-state index contributed by atoms with van der Waals surface area (Å²) in [6.07, 6.45) is 5.03. The molecule has 0 saturated heterocycles. The number of hydrogen-bond donors (Lipinski definition) is 1. The molecule has 0 aliphatic rings. The van der Waals surface area contributed by atoms with E-state index in [2.05, 4.69) is 26.0 Å². The minimum atomic E-state index is 0.131. The van der Waals surface area contributed by atoms with Gasteiger partial charge in [-0.1, -0.05) is 51.9 Å². The van der Waals surface area contributed by atoms with Crippen molar-refractivity contribution in [3.63, 3.8) is 0 Å². The molecule has 0 bridgehead atoms. The quantitative estimate of drug-likeness (QED) is 0.434. The third-order valence-corrected chi connectivity index (χ3v) is 6.90. The Hall–Kier alpha value is -0.450. The van der Waals surface area contributed by atoms with Crippen molar-refractivity contribution in [2.24, 2.45) is 0 Å². The summed E-state index contributed by atoms with van der Waals surface area (Å²) in [5.74, 6) is 1.43.